The van der Waals surface area contributed by atoms with Crippen LogP contribution >= 0.6 is 23.4 Å². The number of hydrogen-bond donors (Lipinski definition) is 0. The molecule has 3 nitrogen and oxygen atoms in total. The van der Waals surface area contributed by atoms with Crippen molar-refractivity contribution in [3.8, 4) is 0 Å². The monoisotopic (exact) mass is 370 g/mol. The standard InChI is InChI=1S/C20H19ClN2OS/c1-4-23-19(24)18(12-15-6-8-16(21)9-7-15)25-20(23)22-17-10-5-13(2)14(3)11-17/h5-12H,4H2,1-3H3/b18-12-,22-20?. The minimum atomic E-state index is -0.00923. The molecule has 0 N–H and O–H groups in total. The summed E-state index contributed by atoms with van der Waals surface area (Å²) >= 11 is 7.33. The van der Waals surface area contributed by atoms with E-state index in [0.717, 1.165) is 16.4 Å². The van der Waals surface area contributed by atoms with Gasteiger partial charge in [-0.2, -0.15) is 0 Å². The number of carbonyl (C=O) groups is 1. The van der Waals surface area contributed by atoms with Crippen LogP contribution in [0.1, 0.15) is 23.6 Å². The highest BCUT2D eigenvalue weighted by Crippen LogP contribution is 2.34. The molecular formula is C20H19ClN2OS. The lowest BCUT2D eigenvalue weighted by Gasteiger charge is -2.12. The fourth-order valence-corrected chi connectivity index (χ4v) is 3.67. The predicted octanol–water partition coefficient (Wildman–Crippen LogP) is 5.58. The first-order valence-electron chi connectivity index (χ1n) is 8.11. The van der Waals surface area contributed by atoms with Gasteiger partial charge >= 0.3 is 0 Å². The Balaban J connectivity index is 1.93. The summed E-state index contributed by atoms with van der Waals surface area (Å²) in [6.07, 6.45) is 1.88. The number of likely N-dealkylation sites (N-methyl/N-ethyl adjacent to an activating group) is 1. The number of benzene rings is 2. The number of rotatable bonds is 3. The van der Waals surface area contributed by atoms with Crippen LogP contribution in [0.3, 0.4) is 0 Å². The summed E-state index contributed by atoms with van der Waals surface area (Å²) in [5.41, 5.74) is 4.24. The van der Waals surface area contributed by atoms with Crippen LogP contribution in [0.15, 0.2) is 52.4 Å². The lowest BCUT2D eigenvalue weighted by atomic mass is 10.1. The van der Waals surface area contributed by atoms with E-state index in [-0.39, 0.29) is 5.91 Å². The number of carbonyl (C=O) groups excluding carboxylic acids is 1. The number of amidine groups is 1. The van der Waals surface area contributed by atoms with Gasteiger partial charge in [0, 0.05) is 11.6 Å². The summed E-state index contributed by atoms with van der Waals surface area (Å²) in [6, 6.07) is 13.5. The first-order chi connectivity index (χ1) is 12.0. The smallest absolute Gasteiger partial charge is 0.266 e. The fourth-order valence-electron chi connectivity index (χ4n) is 2.49. The largest absolute Gasteiger partial charge is 0.287 e. The van der Waals surface area contributed by atoms with Crippen molar-refractivity contribution in [2.24, 2.45) is 4.99 Å². The van der Waals surface area contributed by atoms with Gasteiger partial charge < -0.3 is 0 Å². The van der Waals surface area contributed by atoms with Crippen molar-refractivity contribution in [2.45, 2.75) is 20.8 Å². The van der Waals surface area contributed by atoms with Gasteiger partial charge in [0.25, 0.3) is 5.91 Å². The zero-order chi connectivity index (χ0) is 18.0. The molecule has 3 rings (SSSR count). The number of aliphatic imine (C=N–C) groups is 1. The van der Waals surface area contributed by atoms with E-state index < -0.39 is 0 Å². The first-order valence-corrected chi connectivity index (χ1v) is 9.30. The maximum atomic E-state index is 12.7. The van der Waals surface area contributed by atoms with Crippen LogP contribution in [0.25, 0.3) is 6.08 Å². The van der Waals surface area contributed by atoms with E-state index in [1.54, 1.807) is 4.90 Å². The zero-order valence-corrected chi connectivity index (χ0v) is 16.0. The minimum absolute atomic E-state index is 0.00923. The van der Waals surface area contributed by atoms with E-state index in [1.165, 1.54) is 22.9 Å². The number of halogens is 1. The molecule has 1 heterocycles. The van der Waals surface area contributed by atoms with Crippen molar-refractivity contribution >= 4 is 46.2 Å². The Labute approximate surface area is 157 Å². The molecular weight excluding hydrogens is 352 g/mol. The van der Waals surface area contributed by atoms with Crippen LogP contribution in [-0.4, -0.2) is 22.5 Å². The molecule has 5 heteroatoms. The van der Waals surface area contributed by atoms with Crippen molar-refractivity contribution in [1.29, 1.82) is 0 Å². The fraction of sp³-hybridized carbons (Fsp3) is 0.200. The van der Waals surface area contributed by atoms with E-state index in [0.29, 0.717) is 16.5 Å². The molecule has 0 atom stereocenters. The lowest BCUT2D eigenvalue weighted by molar-refractivity contribution is -0.122. The SMILES string of the molecule is CCN1C(=O)/C(=C/c2ccc(Cl)cc2)SC1=Nc1ccc(C)c(C)c1. The normalized spacial score (nSPS) is 17.8. The third-order valence-electron chi connectivity index (χ3n) is 4.09. The number of nitrogens with zero attached hydrogens (tertiary/aromatic N) is 2. The van der Waals surface area contributed by atoms with Gasteiger partial charge in [-0.15, -0.1) is 0 Å². The molecule has 0 bridgehead atoms. The summed E-state index contributed by atoms with van der Waals surface area (Å²) in [5, 5.41) is 1.40. The Kier molecular flexibility index (Phi) is 5.30. The molecule has 0 unspecified atom stereocenters. The van der Waals surface area contributed by atoms with Gasteiger partial charge in [0.05, 0.1) is 10.6 Å². The van der Waals surface area contributed by atoms with Gasteiger partial charge in [-0.3, -0.25) is 9.69 Å². The summed E-state index contributed by atoms with van der Waals surface area (Å²) in [7, 11) is 0. The molecule has 2 aromatic rings. The van der Waals surface area contributed by atoms with Gasteiger partial charge in [-0.05, 0) is 79.6 Å². The van der Waals surface area contributed by atoms with Crippen LogP contribution in [0.5, 0.6) is 0 Å². The lowest BCUT2D eigenvalue weighted by Crippen LogP contribution is -2.28. The van der Waals surface area contributed by atoms with Crippen LogP contribution in [0.2, 0.25) is 5.02 Å². The Morgan fingerprint density at radius 3 is 2.48 bits per heavy atom. The molecule has 0 aliphatic carbocycles. The Morgan fingerprint density at radius 2 is 1.84 bits per heavy atom. The van der Waals surface area contributed by atoms with Crippen LogP contribution in [0.4, 0.5) is 5.69 Å². The molecule has 1 saturated heterocycles. The number of hydrogen-bond acceptors (Lipinski definition) is 3. The molecule has 25 heavy (non-hydrogen) atoms. The molecule has 1 fully saturated rings. The maximum absolute atomic E-state index is 12.7. The first kappa shape index (κ1) is 17.8. The number of amides is 1. The molecule has 0 aromatic heterocycles. The zero-order valence-electron chi connectivity index (χ0n) is 14.4. The van der Waals surface area contributed by atoms with Gasteiger partial charge in [-0.25, -0.2) is 4.99 Å². The highest BCUT2D eigenvalue weighted by atomic mass is 35.5. The average Bonchev–Trinajstić information content (AvgIpc) is 2.88. The molecule has 0 saturated carbocycles. The molecule has 1 aliphatic heterocycles. The minimum Gasteiger partial charge on any atom is -0.287 e. The predicted molar refractivity (Wildman–Crippen MR) is 107 cm³/mol. The van der Waals surface area contributed by atoms with E-state index in [2.05, 4.69) is 19.9 Å². The summed E-state index contributed by atoms with van der Waals surface area (Å²) in [5.74, 6) is -0.00923. The van der Waals surface area contributed by atoms with Crippen molar-refractivity contribution < 1.29 is 4.79 Å². The summed E-state index contributed by atoms with van der Waals surface area (Å²) in [6.45, 7) is 6.69. The van der Waals surface area contributed by atoms with Crippen LogP contribution in [0, 0.1) is 13.8 Å². The third kappa shape index (κ3) is 3.97. The Hall–Kier alpha value is -2.04. The van der Waals surface area contributed by atoms with Crippen molar-refractivity contribution in [1.82, 2.24) is 4.90 Å². The van der Waals surface area contributed by atoms with Crippen molar-refractivity contribution in [2.75, 3.05) is 6.54 Å². The van der Waals surface area contributed by atoms with Crippen molar-refractivity contribution in [3.05, 3.63) is 69.1 Å². The Bertz CT molecular complexity index is 872. The molecule has 2 aromatic carbocycles. The average molecular weight is 371 g/mol. The second kappa shape index (κ2) is 7.46. The summed E-state index contributed by atoms with van der Waals surface area (Å²) in [4.78, 5) is 19.7. The maximum Gasteiger partial charge on any atom is 0.266 e. The number of aryl methyl sites for hydroxylation is 2. The highest BCUT2D eigenvalue weighted by molar-refractivity contribution is 8.18. The molecule has 128 valence electrons. The topological polar surface area (TPSA) is 32.7 Å². The van der Waals surface area contributed by atoms with Gasteiger partial charge in [0.15, 0.2) is 5.17 Å². The van der Waals surface area contributed by atoms with E-state index in [1.807, 2.05) is 49.4 Å². The number of thioether (sulfide) groups is 1. The molecule has 1 aliphatic rings. The van der Waals surface area contributed by atoms with Crippen LogP contribution < -0.4 is 0 Å². The Morgan fingerprint density at radius 1 is 1.12 bits per heavy atom. The highest BCUT2D eigenvalue weighted by Gasteiger charge is 2.32. The van der Waals surface area contributed by atoms with E-state index in [4.69, 9.17) is 16.6 Å². The van der Waals surface area contributed by atoms with Crippen molar-refractivity contribution in [3.63, 3.8) is 0 Å². The van der Waals surface area contributed by atoms with Gasteiger partial charge in [0.2, 0.25) is 0 Å². The second-order valence-electron chi connectivity index (χ2n) is 5.87. The molecule has 0 spiro atoms. The molecule has 0 radical (unpaired) electrons. The van der Waals surface area contributed by atoms with Gasteiger partial charge in [0.1, 0.15) is 0 Å². The van der Waals surface area contributed by atoms with Gasteiger partial charge in [-0.1, -0.05) is 29.8 Å². The molecule has 1 amide bonds. The summed E-state index contributed by atoms with van der Waals surface area (Å²) < 4.78 is 0. The second-order valence-corrected chi connectivity index (χ2v) is 7.32. The quantitative estimate of drug-likeness (QED) is 0.660. The van der Waals surface area contributed by atoms with Crippen LogP contribution in [-0.2, 0) is 4.79 Å². The van der Waals surface area contributed by atoms with E-state index >= 15 is 0 Å². The van der Waals surface area contributed by atoms with E-state index in [9.17, 15) is 4.79 Å². The third-order valence-corrected chi connectivity index (χ3v) is 5.35.